The second-order valence-electron chi connectivity index (χ2n) is 9.98. The first-order valence-electron chi connectivity index (χ1n) is 13.9. The molecule has 0 aromatic heterocycles. The van der Waals surface area contributed by atoms with Gasteiger partial charge in [0.2, 0.25) is 0 Å². The van der Waals surface area contributed by atoms with Gasteiger partial charge in [-0.3, -0.25) is 0 Å². The largest absolute Gasteiger partial charge is 0.493 e. The molecule has 3 rings (SSSR count). The van der Waals surface area contributed by atoms with Gasteiger partial charge in [-0.1, -0.05) is 64.2 Å². The molecule has 1 aliphatic carbocycles. The lowest BCUT2D eigenvalue weighted by Crippen LogP contribution is -2.13. The van der Waals surface area contributed by atoms with Crippen molar-refractivity contribution in [2.45, 2.75) is 83.5 Å². The maximum atomic E-state index is 12.6. The van der Waals surface area contributed by atoms with E-state index in [9.17, 15) is 9.59 Å². The van der Waals surface area contributed by atoms with Crippen LogP contribution in [0.15, 0.2) is 61.2 Å². The third-order valence-electron chi connectivity index (χ3n) is 7.18. The van der Waals surface area contributed by atoms with Gasteiger partial charge in [0.05, 0.1) is 18.8 Å². The highest BCUT2D eigenvalue weighted by Gasteiger charge is 2.22. The number of ether oxygens (including phenoxy) is 3. The highest BCUT2D eigenvalue weighted by Crippen LogP contribution is 2.38. The molecule has 2 aromatic carbocycles. The average molecular weight is 507 g/mol. The Morgan fingerprint density at radius 1 is 0.838 bits per heavy atom. The van der Waals surface area contributed by atoms with E-state index in [-0.39, 0.29) is 6.61 Å². The summed E-state index contributed by atoms with van der Waals surface area (Å²) in [5.74, 6) is 1.88. The molecule has 0 aliphatic heterocycles. The summed E-state index contributed by atoms with van der Waals surface area (Å²) in [4.78, 5) is 23.6. The van der Waals surface area contributed by atoms with Crippen molar-refractivity contribution in [3.63, 3.8) is 0 Å². The van der Waals surface area contributed by atoms with Crippen LogP contribution in [0.25, 0.3) is 0 Å². The molecule has 0 N–H and O–H groups in total. The Balaban J connectivity index is 1.37. The second-order valence-corrected chi connectivity index (χ2v) is 9.98. The molecule has 200 valence electrons. The van der Waals surface area contributed by atoms with E-state index >= 15 is 0 Å². The van der Waals surface area contributed by atoms with E-state index in [0.717, 1.165) is 12.0 Å². The first-order valence-corrected chi connectivity index (χ1v) is 13.9. The lowest BCUT2D eigenvalue weighted by atomic mass is 9.77. The minimum absolute atomic E-state index is 0.272. The van der Waals surface area contributed by atoms with Crippen LogP contribution in [-0.2, 0) is 9.53 Å². The van der Waals surface area contributed by atoms with Crippen molar-refractivity contribution in [3.05, 3.63) is 72.3 Å². The van der Waals surface area contributed by atoms with Crippen LogP contribution in [-0.4, -0.2) is 25.2 Å². The Hall–Kier alpha value is -3.08. The lowest BCUT2D eigenvalue weighted by molar-refractivity contribution is -0.137. The normalized spacial score (nSPS) is 17.1. The number of hydrogen-bond acceptors (Lipinski definition) is 5. The molecule has 0 unspecified atom stereocenters. The Labute approximate surface area is 222 Å². The van der Waals surface area contributed by atoms with E-state index < -0.39 is 11.9 Å². The monoisotopic (exact) mass is 506 g/mol. The SMILES string of the molecule is C=CC(=O)OCCCOc1ccc(C(=O)Oc2ccc(C3CCC(CCCCCCC)CC3)cc2)cc1. The summed E-state index contributed by atoms with van der Waals surface area (Å²) in [5.41, 5.74) is 1.81. The van der Waals surface area contributed by atoms with Gasteiger partial charge < -0.3 is 14.2 Å². The van der Waals surface area contributed by atoms with Crippen molar-refractivity contribution in [1.82, 2.24) is 0 Å². The number of carbonyl (C=O) groups excluding carboxylic acids is 2. The van der Waals surface area contributed by atoms with Crippen LogP contribution in [0.3, 0.4) is 0 Å². The summed E-state index contributed by atoms with van der Waals surface area (Å²) in [6.07, 6.45) is 15.1. The molecule has 1 saturated carbocycles. The fourth-order valence-corrected chi connectivity index (χ4v) is 4.96. The van der Waals surface area contributed by atoms with Gasteiger partial charge in [-0.05, 0) is 79.5 Å². The number of benzene rings is 2. The summed E-state index contributed by atoms with van der Waals surface area (Å²) < 4.78 is 16.1. The zero-order chi connectivity index (χ0) is 26.3. The Morgan fingerprint density at radius 2 is 1.51 bits per heavy atom. The summed E-state index contributed by atoms with van der Waals surface area (Å²) in [6, 6.07) is 14.9. The van der Waals surface area contributed by atoms with Gasteiger partial charge in [0.15, 0.2) is 0 Å². The number of rotatable bonds is 15. The molecule has 1 aliphatic rings. The van der Waals surface area contributed by atoms with Crippen LogP contribution in [0.5, 0.6) is 11.5 Å². The molecule has 37 heavy (non-hydrogen) atoms. The van der Waals surface area contributed by atoms with E-state index in [1.54, 1.807) is 24.3 Å². The molecular formula is C32H42O5. The van der Waals surface area contributed by atoms with Crippen LogP contribution >= 0.6 is 0 Å². The lowest BCUT2D eigenvalue weighted by Gasteiger charge is -2.29. The van der Waals surface area contributed by atoms with Crippen molar-refractivity contribution >= 4 is 11.9 Å². The number of unbranched alkanes of at least 4 members (excludes halogenated alkanes) is 4. The van der Waals surface area contributed by atoms with Crippen molar-refractivity contribution in [3.8, 4) is 11.5 Å². The fraction of sp³-hybridized carbons (Fsp3) is 0.500. The summed E-state index contributed by atoms with van der Waals surface area (Å²) in [5, 5.41) is 0. The van der Waals surface area contributed by atoms with Crippen molar-refractivity contribution < 1.29 is 23.8 Å². The van der Waals surface area contributed by atoms with E-state index in [1.165, 1.54) is 69.8 Å². The predicted octanol–water partition coefficient (Wildman–Crippen LogP) is 8.04. The molecule has 0 spiro atoms. The zero-order valence-corrected chi connectivity index (χ0v) is 22.3. The first-order chi connectivity index (χ1) is 18.1. The molecule has 0 heterocycles. The van der Waals surface area contributed by atoms with Gasteiger partial charge in [0, 0.05) is 12.5 Å². The molecular weight excluding hydrogens is 464 g/mol. The maximum Gasteiger partial charge on any atom is 0.343 e. The number of esters is 2. The topological polar surface area (TPSA) is 61.8 Å². The third-order valence-corrected chi connectivity index (χ3v) is 7.18. The molecule has 0 amide bonds. The summed E-state index contributed by atoms with van der Waals surface area (Å²) in [6.45, 7) is 6.30. The second kappa shape index (κ2) is 15.9. The van der Waals surface area contributed by atoms with E-state index in [4.69, 9.17) is 14.2 Å². The average Bonchev–Trinajstić information content (AvgIpc) is 2.93. The van der Waals surface area contributed by atoms with Gasteiger partial charge in [-0.2, -0.15) is 0 Å². The predicted molar refractivity (Wildman–Crippen MR) is 147 cm³/mol. The molecule has 5 nitrogen and oxygen atoms in total. The Kier molecular flexibility index (Phi) is 12.2. The van der Waals surface area contributed by atoms with Gasteiger partial charge in [0.1, 0.15) is 11.5 Å². The van der Waals surface area contributed by atoms with E-state index in [0.29, 0.717) is 36.0 Å². The fourth-order valence-electron chi connectivity index (χ4n) is 4.96. The van der Waals surface area contributed by atoms with Crippen molar-refractivity contribution in [2.75, 3.05) is 13.2 Å². The molecule has 2 aromatic rings. The van der Waals surface area contributed by atoms with Crippen LogP contribution in [0.1, 0.15) is 99.4 Å². The molecule has 0 radical (unpaired) electrons. The molecule has 1 fully saturated rings. The molecule has 5 heteroatoms. The summed E-state index contributed by atoms with van der Waals surface area (Å²) in [7, 11) is 0. The smallest absolute Gasteiger partial charge is 0.343 e. The van der Waals surface area contributed by atoms with Gasteiger partial charge in [-0.25, -0.2) is 9.59 Å². The maximum absolute atomic E-state index is 12.6. The van der Waals surface area contributed by atoms with Crippen LogP contribution in [0, 0.1) is 5.92 Å². The Bertz CT molecular complexity index is 956. The van der Waals surface area contributed by atoms with Gasteiger partial charge >= 0.3 is 11.9 Å². The highest BCUT2D eigenvalue weighted by molar-refractivity contribution is 5.91. The van der Waals surface area contributed by atoms with Crippen molar-refractivity contribution in [1.29, 1.82) is 0 Å². The minimum Gasteiger partial charge on any atom is -0.493 e. The standard InChI is InChI=1S/C32H42O5/c1-3-5-6-7-8-10-25-11-13-26(14-12-25)27-15-21-30(22-16-27)37-32(34)28-17-19-29(20-18-28)35-23-9-24-36-31(33)4-2/h4,15-22,25-26H,2-3,5-14,23-24H2,1H3. The molecule has 0 atom stereocenters. The van der Waals surface area contributed by atoms with Crippen LogP contribution in [0.2, 0.25) is 0 Å². The highest BCUT2D eigenvalue weighted by atomic mass is 16.5. The first kappa shape index (κ1) is 28.5. The third kappa shape index (κ3) is 10.1. The quantitative estimate of drug-likeness (QED) is 0.106. The Morgan fingerprint density at radius 3 is 2.19 bits per heavy atom. The molecule has 0 saturated heterocycles. The van der Waals surface area contributed by atoms with Gasteiger partial charge in [-0.15, -0.1) is 0 Å². The van der Waals surface area contributed by atoms with Crippen molar-refractivity contribution in [2.24, 2.45) is 5.92 Å². The number of hydrogen-bond donors (Lipinski definition) is 0. The molecule has 0 bridgehead atoms. The number of carbonyl (C=O) groups is 2. The van der Waals surface area contributed by atoms with E-state index in [2.05, 4.69) is 25.6 Å². The van der Waals surface area contributed by atoms with E-state index in [1.807, 2.05) is 12.1 Å². The van der Waals surface area contributed by atoms with Crippen LogP contribution in [0.4, 0.5) is 0 Å². The minimum atomic E-state index is -0.441. The van der Waals surface area contributed by atoms with Crippen LogP contribution < -0.4 is 9.47 Å². The van der Waals surface area contributed by atoms with Gasteiger partial charge in [0.25, 0.3) is 0 Å². The zero-order valence-electron chi connectivity index (χ0n) is 22.3. The summed E-state index contributed by atoms with van der Waals surface area (Å²) >= 11 is 0.